The highest BCUT2D eigenvalue weighted by Gasteiger charge is 2.19. The summed E-state index contributed by atoms with van der Waals surface area (Å²) in [4.78, 5) is 52.1. The van der Waals surface area contributed by atoms with Crippen molar-refractivity contribution in [2.24, 2.45) is 0 Å². The van der Waals surface area contributed by atoms with E-state index in [1.54, 1.807) is 11.8 Å². The molecule has 2 amide bonds. The smallest absolute Gasteiger partial charge is 0.325 e. The highest BCUT2D eigenvalue weighted by molar-refractivity contribution is 5.79. The summed E-state index contributed by atoms with van der Waals surface area (Å²) < 4.78 is 0. The van der Waals surface area contributed by atoms with Crippen LogP contribution in [0.25, 0.3) is 0 Å². The Morgan fingerprint density at radius 3 is 2.67 bits per heavy atom. The first kappa shape index (κ1) is 15.0. The fourth-order valence-electron chi connectivity index (χ4n) is 2.33. The number of rotatable bonds is 5. The number of H-pyrrole nitrogens is 2. The molecule has 8 nitrogen and oxygen atoms in total. The third-order valence-corrected chi connectivity index (χ3v) is 3.47. The maximum absolute atomic E-state index is 11.8. The van der Waals surface area contributed by atoms with E-state index in [4.69, 9.17) is 0 Å². The van der Waals surface area contributed by atoms with Gasteiger partial charge in [-0.3, -0.25) is 19.4 Å². The summed E-state index contributed by atoms with van der Waals surface area (Å²) in [5.74, 6) is -0.209. The zero-order valence-electron chi connectivity index (χ0n) is 11.8. The summed E-state index contributed by atoms with van der Waals surface area (Å²) in [6.45, 7) is 3.13. The van der Waals surface area contributed by atoms with E-state index in [1.165, 1.54) is 0 Å². The van der Waals surface area contributed by atoms with Crippen LogP contribution in [0.1, 0.15) is 24.1 Å². The molecule has 8 heteroatoms. The summed E-state index contributed by atoms with van der Waals surface area (Å²) in [7, 11) is 0. The SMILES string of the molecule is Cc1[nH]c(=O)[nH]c(=O)c1CC(=O)NCCN1CCCC1=O. The van der Waals surface area contributed by atoms with Gasteiger partial charge < -0.3 is 15.2 Å². The Morgan fingerprint density at radius 1 is 1.29 bits per heavy atom. The number of nitrogens with one attached hydrogen (secondary N) is 3. The molecule has 1 aliphatic heterocycles. The Labute approximate surface area is 120 Å². The van der Waals surface area contributed by atoms with Crippen LogP contribution < -0.4 is 16.6 Å². The van der Waals surface area contributed by atoms with Crippen LogP contribution in [0.2, 0.25) is 0 Å². The molecule has 0 aromatic carbocycles. The quantitative estimate of drug-likeness (QED) is 0.623. The van der Waals surface area contributed by atoms with Crippen molar-refractivity contribution in [3.63, 3.8) is 0 Å². The molecule has 0 aliphatic carbocycles. The molecule has 1 aromatic rings. The summed E-state index contributed by atoms with van der Waals surface area (Å²) in [5, 5.41) is 2.67. The topological polar surface area (TPSA) is 115 Å². The summed E-state index contributed by atoms with van der Waals surface area (Å²) in [6.07, 6.45) is 1.32. The molecule has 0 bridgehead atoms. The van der Waals surface area contributed by atoms with E-state index in [9.17, 15) is 19.2 Å². The molecule has 21 heavy (non-hydrogen) atoms. The number of aromatic nitrogens is 2. The Hall–Kier alpha value is -2.38. The molecule has 1 aliphatic rings. The summed E-state index contributed by atoms with van der Waals surface area (Å²) in [6, 6.07) is 0. The lowest BCUT2D eigenvalue weighted by Gasteiger charge is -2.15. The number of likely N-dealkylation sites (tertiary alicyclic amines) is 1. The molecule has 0 saturated carbocycles. The van der Waals surface area contributed by atoms with E-state index in [-0.39, 0.29) is 23.8 Å². The van der Waals surface area contributed by atoms with Gasteiger partial charge in [0.1, 0.15) is 0 Å². The second kappa shape index (κ2) is 6.38. The van der Waals surface area contributed by atoms with E-state index >= 15 is 0 Å². The van der Waals surface area contributed by atoms with Gasteiger partial charge in [0.2, 0.25) is 11.8 Å². The average Bonchev–Trinajstić information content (AvgIpc) is 2.80. The Balaban J connectivity index is 1.86. The third-order valence-electron chi connectivity index (χ3n) is 3.47. The minimum absolute atomic E-state index is 0.105. The maximum atomic E-state index is 11.8. The maximum Gasteiger partial charge on any atom is 0.325 e. The molecule has 1 saturated heterocycles. The van der Waals surface area contributed by atoms with Crippen molar-refractivity contribution in [1.82, 2.24) is 20.2 Å². The first-order valence-electron chi connectivity index (χ1n) is 6.84. The van der Waals surface area contributed by atoms with Gasteiger partial charge in [-0.1, -0.05) is 0 Å². The van der Waals surface area contributed by atoms with Gasteiger partial charge in [0, 0.05) is 37.3 Å². The van der Waals surface area contributed by atoms with Crippen LogP contribution >= 0.6 is 0 Å². The molecule has 114 valence electrons. The molecule has 1 aromatic heterocycles. The molecule has 0 unspecified atom stereocenters. The van der Waals surface area contributed by atoms with Crippen molar-refractivity contribution in [3.8, 4) is 0 Å². The van der Waals surface area contributed by atoms with Crippen LogP contribution in [0, 0.1) is 6.92 Å². The zero-order chi connectivity index (χ0) is 15.4. The molecule has 0 spiro atoms. The monoisotopic (exact) mass is 294 g/mol. The lowest BCUT2D eigenvalue weighted by molar-refractivity contribution is -0.128. The zero-order valence-corrected chi connectivity index (χ0v) is 11.8. The number of carbonyl (C=O) groups excluding carboxylic acids is 2. The number of carbonyl (C=O) groups is 2. The van der Waals surface area contributed by atoms with Gasteiger partial charge in [-0.15, -0.1) is 0 Å². The summed E-state index contributed by atoms with van der Waals surface area (Å²) >= 11 is 0. The van der Waals surface area contributed by atoms with Gasteiger partial charge in [0.15, 0.2) is 0 Å². The Bertz CT molecular complexity index is 661. The second-order valence-corrected chi connectivity index (χ2v) is 5.02. The molecule has 3 N–H and O–H groups in total. The predicted octanol–water partition coefficient (Wildman–Crippen LogP) is -1.35. The number of aromatic amines is 2. The molecule has 1 fully saturated rings. The van der Waals surface area contributed by atoms with Crippen molar-refractivity contribution in [2.45, 2.75) is 26.2 Å². The van der Waals surface area contributed by atoms with Gasteiger partial charge >= 0.3 is 5.69 Å². The fraction of sp³-hybridized carbons (Fsp3) is 0.538. The number of hydrogen-bond donors (Lipinski definition) is 3. The van der Waals surface area contributed by atoms with Crippen molar-refractivity contribution in [3.05, 3.63) is 32.1 Å². The third kappa shape index (κ3) is 3.80. The van der Waals surface area contributed by atoms with Gasteiger partial charge in [-0.2, -0.15) is 0 Å². The molecular formula is C13H18N4O4. The largest absolute Gasteiger partial charge is 0.354 e. The van der Waals surface area contributed by atoms with Crippen molar-refractivity contribution in [2.75, 3.05) is 19.6 Å². The van der Waals surface area contributed by atoms with E-state index < -0.39 is 11.2 Å². The van der Waals surface area contributed by atoms with E-state index in [0.29, 0.717) is 25.2 Å². The standard InChI is InChI=1S/C13H18N4O4/c1-8-9(12(20)16-13(21)15-8)7-10(18)14-4-6-17-5-2-3-11(17)19/h2-7H2,1H3,(H,14,18)(H2,15,16,20,21). The minimum atomic E-state index is -0.589. The van der Waals surface area contributed by atoms with E-state index in [2.05, 4.69) is 15.3 Å². The van der Waals surface area contributed by atoms with Crippen LogP contribution in [0.5, 0.6) is 0 Å². The highest BCUT2D eigenvalue weighted by Crippen LogP contribution is 2.07. The van der Waals surface area contributed by atoms with Gasteiger partial charge in [0.25, 0.3) is 5.56 Å². The number of aryl methyl sites for hydroxylation is 1. The molecular weight excluding hydrogens is 276 g/mol. The minimum Gasteiger partial charge on any atom is -0.354 e. The number of nitrogens with zero attached hydrogens (tertiary/aromatic N) is 1. The lowest BCUT2D eigenvalue weighted by atomic mass is 10.1. The van der Waals surface area contributed by atoms with Crippen LogP contribution in [0.15, 0.2) is 9.59 Å². The predicted molar refractivity (Wildman–Crippen MR) is 74.9 cm³/mol. The van der Waals surface area contributed by atoms with Crippen LogP contribution in [0.3, 0.4) is 0 Å². The molecule has 0 radical (unpaired) electrons. The first-order valence-corrected chi connectivity index (χ1v) is 6.84. The van der Waals surface area contributed by atoms with Crippen molar-refractivity contribution < 1.29 is 9.59 Å². The molecule has 2 rings (SSSR count). The highest BCUT2D eigenvalue weighted by atomic mass is 16.2. The van der Waals surface area contributed by atoms with Crippen molar-refractivity contribution >= 4 is 11.8 Å². The first-order chi connectivity index (χ1) is 9.97. The van der Waals surface area contributed by atoms with Crippen molar-refractivity contribution in [1.29, 1.82) is 0 Å². The summed E-state index contributed by atoms with van der Waals surface area (Å²) in [5.41, 5.74) is -0.520. The molecule has 2 heterocycles. The Morgan fingerprint density at radius 2 is 2.05 bits per heavy atom. The van der Waals surface area contributed by atoms with E-state index in [0.717, 1.165) is 13.0 Å². The van der Waals surface area contributed by atoms with Crippen LogP contribution in [-0.4, -0.2) is 46.3 Å². The average molecular weight is 294 g/mol. The van der Waals surface area contributed by atoms with Crippen LogP contribution in [0.4, 0.5) is 0 Å². The van der Waals surface area contributed by atoms with Crippen LogP contribution in [-0.2, 0) is 16.0 Å². The lowest BCUT2D eigenvalue weighted by Crippen LogP contribution is -2.37. The second-order valence-electron chi connectivity index (χ2n) is 5.02. The van der Waals surface area contributed by atoms with Gasteiger partial charge in [0.05, 0.1) is 6.42 Å². The van der Waals surface area contributed by atoms with Gasteiger partial charge in [-0.25, -0.2) is 4.79 Å². The number of amides is 2. The Kier molecular flexibility index (Phi) is 4.56. The van der Waals surface area contributed by atoms with E-state index in [1.807, 2.05) is 0 Å². The molecule has 0 atom stereocenters. The fourth-order valence-corrected chi connectivity index (χ4v) is 2.33. The normalized spacial score (nSPS) is 14.5. The van der Waals surface area contributed by atoms with Gasteiger partial charge in [-0.05, 0) is 13.3 Å². The number of hydrogen-bond acceptors (Lipinski definition) is 4.